The van der Waals surface area contributed by atoms with E-state index in [4.69, 9.17) is 0 Å². The van der Waals surface area contributed by atoms with Crippen molar-refractivity contribution in [3.05, 3.63) is 0 Å². The molecule has 0 spiro atoms. The second-order valence-corrected chi connectivity index (χ2v) is 6.08. The third-order valence-electron chi connectivity index (χ3n) is 4.16. The van der Waals surface area contributed by atoms with Crippen LogP contribution in [-0.2, 0) is 0 Å². The standard InChI is InChI=1S/C17H36/c1-6-10-15(5)13-16(9-4)14-17(11-7-2)12-8-3/h15-17H,6-14H2,1-5H3. The zero-order valence-corrected chi connectivity index (χ0v) is 13.1. The van der Waals surface area contributed by atoms with Crippen LogP contribution in [0.4, 0.5) is 0 Å². The highest BCUT2D eigenvalue weighted by molar-refractivity contribution is 4.68. The first-order chi connectivity index (χ1) is 8.17. The van der Waals surface area contributed by atoms with Crippen molar-refractivity contribution < 1.29 is 0 Å². The van der Waals surface area contributed by atoms with Crippen LogP contribution in [0, 0.1) is 17.8 Å². The normalized spacial score (nSPS) is 15.2. The fourth-order valence-electron chi connectivity index (χ4n) is 3.28. The molecule has 0 saturated carbocycles. The molecule has 0 fully saturated rings. The summed E-state index contributed by atoms with van der Waals surface area (Å²) in [6.07, 6.45) is 12.8. The molecule has 0 aliphatic rings. The predicted molar refractivity (Wildman–Crippen MR) is 80.4 cm³/mol. The fraction of sp³-hybridized carbons (Fsp3) is 1.00. The lowest BCUT2D eigenvalue weighted by Gasteiger charge is -2.24. The molecule has 2 unspecified atom stereocenters. The van der Waals surface area contributed by atoms with E-state index in [0.717, 1.165) is 17.8 Å². The zero-order chi connectivity index (χ0) is 13.1. The fourth-order valence-corrected chi connectivity index (χ4v) is 3.28. The summed E-state index contributed by atoms with van der Waals surface area (Å²) in [5.74, 6) is 2.93. The molecular formula is C17H36. The summed E-state index contributed by atoms with van der Waals surface area (Å²) < 4.78 is 0. The van der Waals surface area contributed by atoms with Gasteiger partial charge in [0.05, 0.1) is 0 Å². The molecule has 0 bridgehead atoms. The molecule has 0 N–H and O–H groups in total. The van der Waals surface area contributed by atoms with E-state index in [1.165, 1.54) is 57.8 Å². The first-order valence-corrected chi connectivity index (χ1v) is 8.17. The number of hydrogen-bond acceptors (Lipinski definition) is 0. The van der Waals surface area contributed by atoms with E-state index in [1.54, 1.807) is 0 Å². The molecule has 2 atom stereocenters. The average Bonchev–Trinajstić information content (AvgIpc) is 2.29. The summed E-state index contributed by atoms with van der Waals surface area (Å²) in [5, 5.41) is 0. The first kappa shape index (κ1) is 17.0. The lowest BCUT2D eigenvalue weighted by atomic mass is 9.81. The molecule has 0 amide bonds. The van der Waals surface area contributed by atoms with Gasteiger partial charge < -0.3 is 0 Å². The van der Waals surface area contributed by atoms with Crippen LogP contribution in [0.25, 0.3) is 0 Å². The van der Waals surface area contributed by atoms with Crippen molar-refractivity contribution in [1.29, 1.82) is 0 Å². The predicted octanol–water partition coefficient (Wildman–Crippen LogP) is 6.45. The third kappa shape index (κ3) is 8.69. The van der Waals surface area contributed by atoms with Crippen molar-refractivity contribution in [2.45, 2.75) is 92.4 Å². The van der Waals surface area contributed by atoms with Crippen molar-refractivity contribution in [2.24, 2.45) is 17.8 Å². The lowest BCUT2D eigenvalue weighted by molar-refractivity contribution is 0.276. The van der Waals surface area contributed by atoms with Gasteiger partial charge in [-0.15, -0.1) is 0 Å². The average molecular weight is 240 g/mol. The number of rotatable bonds is 11. The minimum absolute atomic E-state index is 0.939. The minimum Gasteiger partial charge on any atom is -0.0654 e. The summed E-state index contributed by atoms with van der Waals surface area (Å²) in [7, 11) is 0. The van der Waals surface area contributed by atoms with Crippen molar-refractivity contribution in [3.63, 3.8) is 0 Å². The zero-order valence-electron chi connectivity index (χ0n) is 13.1. The molecule has 0 aliphatic carbocycles. The maximum atomic E-state index is 2.45. The van der Waals surface area contributed by atoms with Crippen LogP contribution in [0.1, 0.15) is 92.4 Å². The molecule has 0 heterocycles. The quantitative estimate of drug-likeness (QED) is 0.389. The van der Waals surface area contributed by atoms with E-state index in [9.17, 15) is 0 Å². The van der Waals surface area contributed by atoms with Gasteiger partial charge >= 0.3 is 0 Å². The van der Waals surface area contributed by atoms with E-state index in [0.29, 0.717) is 0 Å². The van der Waals surface area contributed by atoms with Crippen LogP contribution in [-0.4, -0.2) is 0 Å². The van der Waals surface area contributed by atoms with Crippen LogP contribution in [0.2, 0.25) is 0 Å². The summed E-state index contributed by atoms with van der Waals surface area (Å²) >= 11 is 0. The summed E-state index contributed by atoms with van der Waals surface area (Å²) in [6, 6.07) is 0. The maximum Gasteiger partial charge on any atom is -0.0412 e. The topological polar surface area (TPSA) is 0 Å². The highest BCUT2D eigenvalue weighted by Crippen LogP contribution is 2.29. The minimum atomic E-state index is 0.939. The third-order valence-corrected chi connectivity index (χ3v) is 4.16. The molecule has 0 rings (SSSR count). The monoisotopic (exact) mass is 240 g/mol. The largest absolute Gasteiger partial charge is 0.0654 e. The Balaban J connectivity index is 4.05. The van der Waals surface area contributed by atoms with Crippen LogP contribution in [0.15, 0.2) is 0 Å². The summed E-state index contributed by atoms with van der Waals surface area (Å²) in [4.78, 5) is 0. The van der Waals surface area contributed by atoms with E-state index in [2.05, 4.69) is 34.6 Å². The van der Waals surface area contributed by atoms with E-state index in [1.807, 2.05) is 0 Å². The maximum absolute atomic E-state index is 2.45. The van der Waals surface area contributed by atoms with Crippen molar-refractivity contribution >= 4 is 0 Å². The Morgan fingerprint density at radius 1 is 0.647 bits per heavy atom. The van der Waals surface area contributed by atoms with Gasteiger partial charge in [-0.05, 0) is 30.6 Å². The number of hydrogen-bond donors (Lipinski definition) is 0. The Bertz CT molecular complexity index is 144. The van der Waals surface area contributed by atoms with Gasteiger partial charge in [-0.2, -0.15) is 0 Å². The Morgan fingerprint density at radius 2 is 1.18 bits per heavy atom. The van der Waals surface area contributed by atoms with Crippen molar-refractivity contribution in [2.75, 3.05) is 0 Å². The van der Waals surface area contributed by atoms with E-state index in [-0.39, 0.29) is 0 Å². The van der Waals surface area contributed by atoms with Crippen LogP contribution in [0.5, 0.6) is 0 Å². The summed E-state index contributed by atoms with van der Waals surface area (Å²) in [5.41, 5.74) is 0. The molecular weight excluding hydrogens is 204 g/mol. The van der Waals surface area contributed by atoms with Gasteiger partial charge in [0.1, 0.15) is 0 Å². The molecule has 17 heavy (non-hydrogen) atoms. The van der Waals surface area contributed by atoms with Crippen LogP contribution in [0.3, 0.4) is 0 Å². The highest BCUT2D eigenvalue weighted by atomic mass is 14.2. The smallest absolute Gasteiger partial charge is 0.0412 e. The molecule has 0 radical (unpaired) electrons. The molecule has 0 aromatic rings. The Morgan fingerprint density at radius 3 is 1.59 bits per heavy atom. The molecule has 0 heteroatoms. The first-order valence-electron chi connectivity index (χ1n) is 8.17. The lowest BCUT2D eigenvalue weighted by Crippen LogP contribution is -2.12. The Hall–Kier alpha value is 0. The van der Waals surface area contributed by atoms with Gasteiger partial charge in [0.2, 0.25) is 0 Å². The molecule has 0 aliphatic heterocycles. The molecule has 104 valence electrons. The summed E-state index contributed by atoms with van der Waals surface area (Å²) in [6.45, 7) is 11.8. The van der Waals surface area contributed by atoms with Gasteiger partial charge in [-0.25, -0.2) is 0 Å². The van der Waals surface area contributed by atoms with E-state index < -0.39 is 0 Å². The molecule has 0 saturated heterocycles. The highest BCUT2D eigenvalue weighted by Gasteiger charge is 2.16. The molecule has 0 aromatic heterocycles. The van der Waals surface area contributed by atoms with Crippen LogP contribution < -0.4 is 0 Å². The van der Waals surface area contributed by atoms with Crippen LogP contribution >= 0.6 is 0 Å². The van der Waals surface area contributed by atoms with Crippen molar-refractivity contribution in [3.8, 4) is 0 Å². The van der Waals surface area contributed by atoms with Crippen molar-refractivity contribution in [1.82, 2.24) is 0 Å². The molecule has 0 aromatic carbocycles. The van der Waals surface area contributed by atoms with Gasteiger partial charge in [-0.1, -0.05) is 79.6 Å². The Labute approximate surface area is 111 Å². The van der Waals surface area contributed by atoms with E-state index >= 15 is 0 Å². The SMILES string of the molecule is CCCC(C)CC(CC)CC(CCC)CCC. The Kier molecular flexibility index (Phi) is 11.1. The molecule has 0 nitrogen and oxygen atoms in total. The van der Waals surface area contributed by atoms with Gasteiger partial charge in [0.25, 0.3) is 0 Å². The second-order valence-electron chi connectivity index (χ2n) is 6.08. The van der Waals surface area contributed by atoms with Gasteiger partial charge in [0.15, 0.2) is 0 Å². The van der Waals surface area contributed by atoms with Gasteiger partial charge in [0, 0.05) is 0 Å². The second kappa shape index (κ2) is 11.1. The van der Waals surface area contributed by atoms with Gasteiger partial charge in [-0.3, -0.25) is 0 Å².